The molecule has 0 fully saturated rings. The Morgan fingerprint density at radius 1 is 1.15 bits per heavy atom. The lowest BCUT2D eigenvalue weighted by Crippen LogP contribution is -2.15. The zero-order valence-electron chi connectivity index (χ0n) is 15.8. The number of nitrogens with zero attached hydrogens (tertiary/aromatic N) is 1. The molecule has 0 aliphatic heterocycles. The summed E-state index contributed by atoms with van der Waals surface area (Å²) in [4.78, 5) is 24.2. The van der Waals surface area contributed by atoms with Crippen LogP contribution in [0.1, 0.15) is 41.0 Å². The minimum Gasteiger partial charge on any atom is -0.459 e. The number of amides is 1. The summed E-state index contributed by atoms with van der Waals surface area (Å²) in [5.41, 5.74) is 4.43. The van der Waals surface area contributed by atoms with Crippen LogP contribution in [0.15, 0.2) is 40.9 Å². The van der Waals surface area contributed by atoms with E-state index in [9.17, 15) is 9.59 Å². The van der Waals surface area contributed by atoms with E-state index in [2.05, 4.69) is 10.5 Å². The molecule has 0 atom stereocenters. The number of anilines is 1. The van der Waals surface area contributed by atoms with Crippen molar-refractivity contribution in [2.75, 3.05) is 5.32 Å². The van der Waals surface area contributed by atoms with E-state index >= 15 is 0 Å². The van der Waals surface area contributed by atoms with Gasteiger partial charge in [0.25, 0.3) is 0 Å². The predicted molar refractivity (Wildman–Crippen MR) is 103 cm³/mol. The smallest absolute Gasteiger partial charge is 0.338 e. The quantitative estimate of drug-likeness (QED) is 0.685. The third-order valence-electron chi connectivity index (χ3n) is 4.05. The zero-order chi connectivity index (χ0) is 19.6. The molecule has 6 nitrogen and oxygen atoms in total. The molecule has 0 saturated heterocycles. The van der Waals surface area contributed by atoms with Gasteiger partial charge in [-0.2, -0.15) is 0 Å². The van der Waals surface area contributed by atoms with Crippen LogP contribution in [0.2, 0.25) is 0 Å². The van der Waals surface area contributed by atoms with Crippen LogP contribution >= 0.6 is 0 Å². The van der Waals surface area contributed by atoms with Gasteiger partial charge in [-0.25, -0.2) is 4.79 Å². The number of carbonyl (C=O) groups excluding carboxylic acids is 2. The molecular weight excluding hydrogens is 344 g/mol. The van der Waals surface area contributed by atoms with E-state index in [0.29, 0.717) is 22.5 Å². The second kappa shape index (κ2) is 7.61. The lowest BCUT2D eigenvalue weighted by molar-refractivity contribution is -0.115. The van der Waals surface area contributed by atoms with E-state index in [4.69, 9.17) is 9.26 Å². The summed E-state index contributed by atoms with van der Waals surface area (Å²) in [6.45, 7) is 7.54. The number of aryl methyl sites for hydroxylation is 2. The molecule has 0 unspecified atom stereocenters. The summed E-state index contributed by atoms with van der Waals surface area (Å²) < 4.78 is 10.5. The molecule has 140 valence electrons. The Labute approximate surface area is 157 Å². The molecule has 0 aliphatic carbocycles. The van der Waals surface area contributed by atoms with Gasteiger partial charge in [0.2, 0.25) is 5.91 Å². The van der Waals surface area contributed by atoms with Crippen molar-refractivity contribution in [1.82, 2.24) is 5.16 Å². The van der Waals surface area contributed by atoms with Crippen molar-refractivity contribution < 1.29 is 18.8 Å². The molecule has 0 aliphatic rings. The number of carbonyl (C=O) groups is 2. The van der Waals surface area contributed by atoms with Gasteiger partial charge in [0.15, 0.2) is 5.58 Å². The second-order valence-electron chi connectivity index (χ2n) is 6.84. The van der Waals surface area contributed by atoms with Crippen LogP contribution in [-0.2, 0) is 16.0 Å². The monoisotopic (exact) mass is 366 g/mol. The topological polar surface area (TPSA) is 81.4 Å². The van der Waals surface area contributed by atoms with E-state index < -0.39 is 0 Å². The first-order valence-corrected chi connectivity index (χ1v) is 8.80. The third kappa shape index (κ3) is 4.34. The molecule has 1 N–H and O–H groups in total. The molecule has 3 aromatic rings. The summed E-state index contributed by atoms with van der Waals surface area (Å²) in [5.74, 6) is -0.593. The minimum absolute atomic E-state index is 0.104. The number of ether oxygens (including phenoxy) is 1. The molecule has 0 bridgehead atoms. The number of rotatable bonds is 5. The van der Waals surface area contributed by atoms with Crippen molar-refractivity contribution in [2.24, 2.45) is 0 Å². The molecule has 6 heteroatoms. The molecule has 3 rings (SSSR count). The van der Waals surface area contributed by atoms with Crippen LogP contribution in [0.4, 0.5) is 5.69 Å². The predicted octanol–water partition coefficient (Wildman–Crippen LogP) is 4.19. The summed E-state index contributed by atoms with van der Waals surface area (Å²) in [5, 5.41) is 7.71. The van der Waals surface area contributed by atoms with Crippen LogP contribution in [0.5, 0.6) is 0 Å². The zero-order valence-corrected chi connectivity index (χ0v) is 15.8. The lowest BCUT2D eigenvalue weighted by Gasteiger charge is -2.09. The molecule has 1 amide bonds. The van der Waals surface area contributed by atoms with Gasteiger partial charge >= 0.3 is 5.97 Å². The van der Waals surface area contributed by atoms with Gasteiger partial charge in [-0.05, 0) is 69.2 Å². The number of nitrogens with one attached hydrogen (secondary N) is 1. The van der Waals surface area contributed by atoms with Gasteiger partial charge in [-0.3, -0.25) is 4.79 Å². The molecule has 0 radical (unpaired) electrons. The first kappa shape index (κ1) is 18.6. The Bertz CT molecular complexity index is 987. The third-order valence-corrected chi connectivity index (χ3v) is 4.05. The normalized spacial score (nSPS) is 11.0. The van der Waals surface area contributed by atoms with Gasteiger partial charge in [-0.15, -0.1) is 0 Å². The van der Waals surface area contributed by atoms with Gasteiger partial charge in [0.1, 0.15) is 5.69 Å². The summed E-state index contributed by atoms with van der Waals surface area (Å²) in [7, 11) is 0. The molecule has 27 heavy (non-hydrogen) atoms. The van der Waals surface area contributed by atoms with Crippen LogP contribution in [-0.4, -0.2) is 23.1 Å². The average Bonchev–Trinajstić information content (AvgIpc) is 2.97. The first-order valence-electron chi connectivity index (χ1n) is 8.80. The van der Waals surface area contributed by atoms with Crippen molar-refractivity contribution in [1.29, 1.82) is 0 Å². The van der Waals surface area contributed by atoms with Crippen molar-refractivity contribution in [2.45, 2.75) is 40.2 Å². The number of benzene rings is 2. The fourth-order valence-electron chi connectivity index (χ4n) is 2.90. The van der Waals surface area contributed by atoms with Gasteiger partial charge in [-0.1, -0.05) is 11.2 Å². The van der Waals surface area contributed by atoms with Gasteiger partial charge in [0.05, 0.1) is 18.1 Å². The van der Waals surface area contributed by atoms with E-state index in [1.165, 1.54) is 0 Å². The molecular formula is C21H22N2O4. The Hall–Kier alpha value is -3.15. The number of hydrogen-bond acceptors (Lipinski definition) is 5. The highest BCUT2D eigenvalue weighted by atomic mass is 16.5. The molecule has 0 saturated carbocycles. The minimum atomic E-state index is -0.386. The Morgan fingerprint density at radius 3 is 2.52 bits per heavy atom. The Kier molecular flexibility index (Phi) is 5.26. The number of esters is 1. The largest absolute Gasteiger partial charge is 0.459 e. The summed E-state index contributed by atoms with van der Waals surface area (Å²) >= 11 is 0. The first-order chi connectivity index (χ1) is 12.8. The van der Waals surface area contributed by atoms with Crippen LogP contribution in [0.25, 0.3) is 11.0 Å². The Morgan fingerprint density at radius 2 is 1.85 bits per heavy atom. The van der Waals surface area contributed by atoms with E-state index in [-0.39, 0.29) is 24.4 Å². The van der Waals surface area contributed by atoms with Crippen molar-refractivity contribution >= 4 is 28.5 Å². The highest BCUT2D eigenvalue weighted by molar-refractivity contribution is 5.96. The molecule has 0 spiro atoms. The summed E-state index contributed by atoms with van der Waals surface area (Å²) in [6, 6.07) is 10.6. The second-order valence-corrected chi connectivity index (χ2v) is 6.84. The molecule has 1 heterocycles. The van der Waals surface area contributed by atoms with Gasteiger partial charge in [0, 0.05) is 11.1 Å². The Balaban J connectivity index is 1.69. The standard InChI is InChI=1S/C21H22N2O4/c1-12(2)26-21(25)15-5-7-16(8-6-15)22-19(24)11-18-17-10-13(3)9-14(4)20(17)27-23-18/h5-10,12H,11H2,1-4H3,(H,22,24). The maximum atomic E-state index is 12.4. The van der Waals surface area contributed by atoms with E-state index in [1.807, 2.05) is 26.0 Å². The van der Waals surface area contributed by atoms with Crippen LogP contribution in [0, 0.1) is 13.8 Å². The maximum absolute atomic E-state index is 12.4. The van der Waals surface area contributed by atoms with Crippen LogP contribution in [0.3, 0.4) is 0 Å². The highest BCUT2D eigenvalue weighted by Crippen LogP contribution is 2.24. The van der Waals surface area contributed by atoms with E-state index in [1.54, 1.807) is 38.1 Å². The maximum Gasteiger partial charge on any atom is 0.338 e. The number of aromatic nitrogens is 1. The fourth-order valence-corrected chi connectivity index (χ4v) is 2.90. The van der Waals surface area contributed by atoms with Gasteiger partial charge < -0.3 is 14.6 Å². The summed E-state index contributed by atoms with van der Waals surface area (Å²) in [6.07, 6.45) is -0.0750. The van der Waals surface area contributed by atoms with Crippen LogP contribution < -0.4 is 5.32 Å². The fraction of sp³-hybridized carbons (Fsp3) is 0.286. The van der Waals surface area contributed by atoms with Crippen molar-refractivity contribution in [3.8, 4) is 0 Å². The average molecular weight is 366 g/mol. The molecule has 2 aromatic carbocycles. The number of hydrogen-bond donors (Lipinski definition) is 1. The van der Waals surface area contributed by atoms with Crippen molar-refractivity contribution in [3.63, 3.8) is 0 Å². The highest BCUT2D eigenvalue weighted by Gasteiger charge is 2.15. The molecule has 1 aromatic heterocycles. The van der Waals surface area contributed by atoms with E-state index in [0.717, 1.165) is 16.5 Å². The lowest BCUT2D eigenvalue weighted by atomic mass is 10.1. The number of fused-ring (bicyclic) bond motifs is 1. The van der Waals surface area contributed by atoms with Crippen molar-refractivity contribution in [3.05, 3.63) is 58.8 Å². The SMILES string of the molecule is Cc1cc(C)c2onc(CC(=O)Nc3ccc(C(=O)OC(C)C)cc3)c2c1.